The van der Waals surface area contributed by atoms with Crippen LogP contribution in [0.4, 0.5) is 0 Å². The van der Waals surface area contributed by atoms with Crippen LogP contribution in [0, 0.1) is 0 Å². The monoisotopic (exact) mass is 430 g/mol. The molecule has 0 aromatic heterocycles. The second kappa shape index (κ2) is 6.86. The molecule has 0 atom stereocenters. The van der Waals surface area contributed by atoms with Crippen molar-refractivity contribution < 1.29 is 17.3 Å². The lowest BCUT2D eigenvalue weighted by atomic mass is 9.94. The van der Waals surface area contributed by atoms with E-state index in [4.69, 9.17) is 8.92 Å². The second-order valence-electron chi connectivity index (χ2n) is 8.64. The van der Waals surface area contributed by atoms with E-state index in [0.29, 0.717) is 11.1 Å². The number of ether oxygens (including phenoxy) is 1. The molecule has 4 nitrogen and oxygen atoms in total. The van der Waals surface area contributed by atoms with Gasteiger partial charge < -0.3 is 8.92 Å². The van der Waals surface area contributed by atoms with Crippen molar-refractivity contribution in [3.8, 4) is 11.5 Å². The Labute approximate surface area is 181 Å². The summed E-state index contributed by atoms with van der Waals surface area (Å²) >= 11 is 0. The summed E-state index contributed by atoms with van der Waals surface area (Å²) in [5.41, 5.74) is -0.337. The predicted molar refractivity (Wildman–Crippen MR) is 125 cm³/mol. The maximum Gasteiger partial charge on any atom is 0.339 e. The van der Waals surface area contributed by atoms with E-state index < -0.39 is 10.1 Å². The van der Waals surface area contributed by atoms with Crippen LogP contribution in [-0.4, -0.2) is 14.0 Å². The van der Waals surface area contributed by atoms with Crippen molar-refractivity contribution in [2.45, 2.75) is 31.3 Å². The summed E-state index contributed by atoms with van der Waals surface area (Å²) in [5, 5.41) is 5.84. The molecule has 0 aliphatic heterocycles. The normalized spacial score (nSPS) is 12.6. The van der Waals surface area contributed by atoms with Gasteiger partial charge in [0.1, 0.15) is 22.0 Å². The van der Waals surface area contributed by atoms with Crippen molar-refractivity contribution in [2.24, 2.45) is 0 Å². The van der Waals surface area contributed by atoms with Gasteiger partial charge in [0.15, 0.2) is 0 Å². The Hall–Kier alpha value is -3.31. The third-order valence-corrected chi connectivity index (χ3v) is 6.52. The fraction of sp³-hybridized carbons (Fsp3) is 0.154. The molecule has 0 unspecified atom stereocenters. The molecule has 0 N–H and O–H groups in total. The van der Waals surface area contributed by atoms with E-state index in [1.54, 1.807) is 30.3 Å². The molecule has 0 aliphatic rings. The van der Waals surface area contributed by atoms with Crippen LogP contribution < -0.4 is 8.92 Å². The molecule has 156 valence electrons. The summed E-state index contributed by atoms with van der Waals surface area (Å²) in [6.45, 7) is 5.86. The summed E-state index contributed by atoms with van der Waals surface area (Å²) in [7, 11) is -4.03. The largest absolute Gasteiger partial charge is 0.488 e. The quantitative estimate of drug-likeness (QED) is 0.240. The van der Waals surface area contributed by atoms with Gasteiger partial charge in [-0.2, -0.15) is 8.42 Å². The van der Waals surface area contributed by atoms with Gasteiger partial charge in [0.25, 0.3) is 0 Å². The summed E-state index contributed by atoms with van der Waals surface area (Å²) < 4.78 is 37.7. The Morgan fingerprint density at radius 1 is 0.645 bits per heavy atom. The van der Waals surface area contributed by atoms with Crippen molar-refractivity contribution in [1.29, 1.82) is 0 Å². The van der Waals surface area contributed by atoms with Gasteiger partial charge in [-0.25, -0.2) is 0 Å². The number of hydrogen-bond donors (Lipinski definition) is 0. The smallest absolute Gasteiger partial charge is 0.339 e. The van der Waals surface area contributed by atoms with Crippen molar-refractivity contribution in [2.75, 3.05) is 0 Å². The van der Waals surface area contributed by atoms with E-state index in [1.807, 2.05) is 63.2 Å². The van der Waals surface area contributed by atoms with E-state index in [1.165, 1.54) is 0 Å². The zero-order chi connectivity index (χ0) is 21.8. The minimum Gasteiger partial charge on any atom is -0.488 e. The van der Waals surface area contributed by atoms with Crippen LogP contribution in [0.5, 0.6) is 11.5 Å². The van der Waals surface area contributed by atoms with Crippen LogP contribution in [-0.2, 0) is 10.1 Å². The lowest BCUT2D eigenvalue weighted by Crippen LogP contribution is -2.22. The fourth-order valence-electron chi connectivity index (χ4n) is 4.01. The van der Waals surface area contributed by atoms with Gasteiger partial charge in [-0.05, 0) is 78.0 Å². The zero-order valence-corrected chi connectivity index (χ0v) is 18.4. The van der Waals surface area contributed by atoms with E-state index in [-0.39, 0.29) is 16.2 Å². The highest BCUT2D eigenvalue weighted by atomic mass is 32.2. The Bertz CT molecular complexity index is 1500. The first-order chi connectivity index (χ1) is 14.7. The fourth-order valence-corrected chi connectivity index (χ4v) is 5.14. The molecular weight excluding hydrogens is 408 g/mol. The van der Waals surface area contributed by atoms with Gasteiger partial charge in [-0.1, -0.05) is 48.5 Å². The minimum atomic E-state index is -4.03. The number of hydrogen-bond acceptors (Lipinski definition) is 4. The summed E-state index contributed by atoms with van der Waals surface area (Å²) in [6, 6.07) is 24.1. The number of rotatable bonds is 4. The maximum absolute atomic E-state index is 13.2. The topological polar surface area (TPSA) is 52.6 Å². The van der Waals surface area contributed by atoms with Crippen LogP contribution in [0.1, 0.15) is 20.8 Å². The van der Waals surface area contributed by atoms with Crippen molar-refractivity contribution in [1.82, 2.24) is 0 Å². The molecule has 0 fully saturated rings. The van der Waals surface area contributed by atoms with E-state index in [9.17, 15) is 8.42 Å². The zero-order valence-electron chi connectivity index (χ0n) is 17.5. The Morgan fingerprint density at radius 2 is 1.19 bits per heavy atom. The average Bonchev–Trinajstić information content (AvgIpc) is 2.72. The van der Waals surface area contributed by atoms with Crippen LogP contribution in [0.2, 0.25) is 0 Å². The molecule has 0 saturated heterocycles. The molecule has 0 spiro atoms. The van der Waals surface area contributed by atoms with Gasteiger partial charge in [0.05, 0.1) is 0 Å². The maximum atomic E-state index is 13.2. The van der Waals surface area contributed by atoms with E-state index >= 15 is 0 Å². The average molecular weight is 431 g/mol. The molecule has 5 rings (SSSR count). The van der Waals surface area contributed by atoms with Gasteiger partial charge >= 0.3 is 10.1 Å². The molecule has 5 heteroatoms. The Morgan fingerprint density at radius 3 is 1.84 bits per heavy atom. The predicted octanol–water partition coefficient (Wildman–Crippen LogP) is 6.53. The highest BCUT2D eigenvalue weighted by molar-refractivity contribution is 7.87. The molecule has 0 heterocycles. The number of benzene rings is 5. The molecule has 0 saturated carbocycles. The molecule has 5 aromatic carbocycles. The molecule has 5 aromatic rings. The summed E-state index contributed by atoms with van der Waals surface area (Å²) in [6.07, 6.45) is 0. The van der Waals surface area contributed by atoms with Crippen molar-refractivity contribution in [3.63, 3.8) is 0 Å². The molecular formula is C26H22O4S. The second-order valence-corrected chi connectivity index (χ2v) is 10.2. The lowest BCUT2D eigenvalue weighted by molar-refractivity contribution is 0.131. The third-order valence-electron chi connectivity index (χ3n) is 5.21. The van der Waals surface area contributed by atoms with Crippen molar-refractivity contribution >= 4 is 42.4 Å². The van der Waals surface area contributed by atoms with Crippen LogP contribution in [0.15, 0.2) is 83.8 Å². The highest BCUT2D eigenvalue weighted by Crippen LogP contribution is 2.37. The Balaban J connectivity index is 1.58. The molecule has 0 amide bonds. The van der Waals surface area contributed by atoms with Crippen LogP contribution >= 0.6 is 0 Å². The highest BCUT2D eigenvalue weighted by Gasteiger charge is 2.22. The first kappa shape index (κ1) is 19.6. The molecule has 31 heavy (non-hydrogen) atoms. The van der Waals surface area contributed by atoms with Gasteiger partial charge in [-0.15, -0.1) is 0 Å². The summed E-state index contributed by atoms with van der Waals surface area (Å²) in [5.74, 6) is 0.895. The Kier molecular flexibility index (Phi) is 4.34. The standard InChI is InChI=1S/C26H22O4S/c1-26(2,3)29-20-11-13-21(14-12-20)30-31(27,28)23-16-10-19-8-7-17-5-4-6-18-9-15-22(23)25(19)24(17)18/h4-16H,1-3H3. The van der Waals surface area contributed by atoms with Crippen LogP contribution in [0.3, 0.4) is 0 Å². The SMILES string of the molecule is CC(C)(C)Oc1ccc(OS(=O)(=O)c2ccc3ccc4cccc5ccc2c3c45)cc1. The van der Waals surface area contributed by atoms with Gasteiger partial charge in [0, 0.05) is 5.39 Å². The molecule has 0 bridgehead atoms. The van der Waals surface area contributed by atoms with E-state index in [2.05, 4.69) is 6.07 Å². The van der Waals surface area contributed by atoms with Gasteiger partial charge in [-0.3, -0.25) is 0 Å². The van der Waals surface area contributed by atoms with E-state index in [0.717, 1.165) is 26.9 Å². The first-order valence-corrected chi connectivity index (χ1v) is 11.5. The van der Waals surface area contributed by atoms with Crippen LogP contribution in [0.25, 0.3) is 32.3 Å². The molecule has 0 radical (unpaired) electrons. The van der Waals surface area contributed by atoms with Gasteiger partial charge in [0.2, 0.25) is 0 Å². The first-order valence-electron chi connectivity index (χ1n) is 10.1. The van der Waals surface area contributed by atoms with Crippen molar-refractivity contribution in [3.05, 3.63) is 78.9 Å². The minimum absolute atomic E-state index is 0.160. The lowest BCUT2D eigenvalue weighted by Gasteiger charge is -2.21. The third kappa shape index (κ3) is 3.55. The summed E-state index contributed by atoms with van der Waals surface area (Å²) in [4.78, 5) is 0.160. The molecule has 0 aliphatic carbocycles.